The highest BCUT2D eigenvalue weighted by molar-refractivity contribution is 5.94. The number of nitrogens with one attached hydrogen (secondary N) is 2. The number of hydrogen-bond acceptors (Lipinski definition) is 5. The monoisotopic (exact) mass is 483 g/mol. The summed E-state index contributed by atoms with van der Waals surface area (Å²) in [4.78, 5) is 29.8. The molecule has 7 nitrogen and oxygen atoms in total. The van der Waals surface area contributed by atoms with E-state index in [1.165, 1.54) is 0 Å². The molecular formula is C29H29N3O4. The summed E-state index contributed by atoms with van der Waals surface area (Å²) in [6, 6.07) is 26.3. The Morgan fingerprint density at radius 2 is 1.61 bits per heavy atom. The summed E-state index contributed by atoms with van der Waals surface area (Å²) in [5.74, 6) is 1.16. The lowest BCUT2D eigenvalue weighted by Gasteiger charge is -2.11. The van der Waals surface area contributed by atoms with Gasteiger partial charge in [0.15, 0.2) is 0 Å². The second kappa shape index (κ2) is 11.8. The molecule has 2 N–H and O–H groups in total. The number of para-hydroxylation sites is 2. The number of ether oxygens (including phenoxy) is 1. The first-order valence-corrected chi connectivity index (χ1v) is 11.9. The number of aryl methyl sites for hydroxylation is 1. The van der Waals surface area contributed by atoms with Crippen LogP contribution in [0.5, 0.6) is 5.75 Å². The van der Waals surface area contributed by atoms with E-state index >= 15 is 0 Å². The fourth-order valence-electron chi connectivity index (χ4n) is 3.69. The van der Waals surface area contributed by atoms with E-state index in [0.717, 1.165) is 11.3 Å². The van der Waals surface area contributed by atoms with Crippen molar-refractivity contribution in [2.24, 2.45) is 0 Å². The molecule has 0 saturated heterocycles. The smallest absolute Gasteiger partial charge is 0.228 e. The molecule has 184 valence electrons. The zero-order valence-electron chi connectivity index (χ0n) is 20.4. The van der Waals surface area contributed by atoms with Crippen molar-refractivity contribution in [1.29, 1.82) is 0 Å². The summed E-state index contributed by atoms with van der Waals surface area (Å²) < 4.78 is 11.5. The van der Waals surface area contributed by atoms with E-state index in [4.69, 9.17) is 9.15 Å². The van der Waals surface area contributed by atoms with E-state index in [0.29, 0.717) is 28.6 Å². The molecule has 0 radical (unpaired) electrons. The van der Waals surface area contributed by atoms with Crippen molar-refractivity contribution in [2.45, 2.75) is 32.7 Å². The fourth-order valence-corrected chi connectivity index (χ4v) is 3.69. The highest BCUT2D eigenvalue weighted by Gasteiger charge is 2.18. The van der Waals surface area contributed by atoms with Gasteiger partial charge in [0.25, 0.3) is 0 Å². The van der Waals surface area contributed by atoms with Crippen LogP contribution in [0.4, 0.5) is 5.69 Å². The average Bonchev–Trinajstić information content (AvgIpc) is 3.28. The molecule has 0 unspecified atom stereocenters. The molecule has 3 aromatic carbocycles. The van der Waals surface area contributed by atoms with Gasteiger partial charge in [-0.15, -0.1) is 0 Å². The number of benzene rings is 3. The Morgan fingerprint density at radius 3 is 2.36 bits per heavy atom. The molecule has 1 atom stereocenters. The van der Waals surface area contributed by atoms with Gasteiger partial charge in [-0.2, -0.15) is 0 Å². The van der Waals surface area contributed by atoms with Crippen molar-refractivity contribution in [1.82, 2.24) is 10.3 Å². The van der Waals surface area contributed by atoms with Crippen molar-refractivity contribution in [2.75, 3.05) is 11.9 Å². The lowest BCUT2D eigenvalue weighted by atomic mass is 10.0. The van der Waals surface area contributed by atoms with E-state index in [9.17, 15) is 9.59 Å². The second-order valence-electron chi connectivity index (χ2n) is 8.38. The Kier molecular flexibility index (Phi) is 8.13. The van der Waals surface area contributed by atoms with Crippen molar-refractivity contribution >= 4 is 17.5 Å². The van der Waals surface area contributed by atoms with Gasteiger partial charge in [-0.3, -0.25) is 9.59 Å². The van der Waals surface area contributed by atoms with Crippen LogP contribution in [0, 0.1) is 6.92 Å². The summed E-state index contributed by atoms with van der Waals surface area (Å²) >= 11 is 0. The number of hydrogen-bond donors (Lipinski definition) is 2. The van der Waals surface area contributed by atoms with Gasteiger partial charge in [-0.25, -0.2) is 4.98 Å². The molecule has 36 heavy (non-hydrogen) atoms. The van der Waals surface area contributed by atoms with Crippen LogP contribution in [0.2, 0.25) is 0 Å². The molecule has 7 heteroatoms. The van der Waals surface area contributed by atoms with Gasteiger partial charge in [0.05, 0.1) is 36.7 Å². The molecule has 0 aliphatic heterocycles. The first-order valence-electron chi connectivity index (χ1n) is 11.9. The SMILES string of the molecule is Cc1oc(-c2ccccc2NC(=O)CCOc2ccccc2)nc1CNC(=O)[C@@H](C)c1ccccc1. The normalized spacial score (nSPS) is 11.5. The van der Waals surface area contributed by atoms with E-state index in [2.05, 4.69) is 15.6 Å². The zero-order chi connectivity index (χ0) is 25.3. The number of oxazole rings is 1. The van der Waals surface area contributed by atoms with Crippen molar-refractivity contribution < 1.29 is 18.7 Å². The molecule has 0 fully saturated rings. The molecule has 0 aliphatic rings. The molecule has 1 heterocycles. The summed E-state index contributed by atoms with van der Waals surface area (Å²) in [5, 5.41) is 5.86. The van der Waals surface area contributed by atoms with Gasteiger partial charge in [-0.1, -0.05) is 60.7 Å². The topological polar surface area (TPSA) is 93.5 Å². The average molecular weight is 484 g/mol. The molecule has 0 saturated carbocycles. The van der Waals surface area contributed by atoms with Crippen molar-refractivity contribution in [3.05, 3.63) is 102 Å². The molecular weight excluding hydrogens is 454 g/mol. The zero-order valence-corrected chi connectivity index (χ0v) is 20.4. The van der Waals surface area contributed by atoms with Gasteiger partial charge in [-0.05, 0) is 43.7 Å². The fraction of sp³-hybridized carbons (Fsp3) is 0.207. The minimum absolute atomic E-state index is 0.0875. The number of nitrogens with zero attached hydrogens (tertiary/aromatic N) is 1. The summed E-state index contributed by atoms with van der Waals surface area (Å²) in [6.07, 6.45) is 0.199. The van der Waals surface area contributed by atoms with Crippen LogP contribution in [-0.2, 0) is 16.1 Å². The number of carbonyl (C=O) groups excluding carboxylic acids is 2. The largest absolute Gasteiger partial charge is 0.493 e. The maximum Gasteiger partial charge on any atom is 0.228 e. The first-order chi connectivity index (χ1) is 17.5. The standard InChI is InChI=1S/C29H29N3O4/c1-20(22-11-5-3-6-12-22)28(34)30-19-26-21(2)36-29(32-26)24-15-9-10-16-25(24)31-27(33)17-18-35-23-13-7-4-8-14-23/h3-16,20H,17-19H2,1-2H3,(H,30,34)(H,31,33)/t20-/m0/s1. The van der Waals surface area contributed by atoms with Crippen LogP contribution in [0.3, 0.4) is 0 Å². The van der Waals surface area contributed by atoms with Gasteiger partial charge in [0, 0.05) is 0 Å². The maximum absolute atomic E-state index is 12.6. The molecule has 2 amide bonds. The Bertz CT molecular complexity index is 1300. The van der Waals surface area contributed by atoms with E-state index in [1.807, 2.05) is 85.8 Å². The Labute approximate surface area is 210 Å². The lowest BCUT2D eigenvalue weighted by Crippen LogP contribution is -2.27. The minimum Gasteiger partial charge on any atom is -0.493 e. The quantitative estimate of drug-likeness (QED) is 0.312. The van der Waals surface area contributed by atoms with E-state index in [1.54, 1.807) is 13.0 Å². The van der Waals surface area contributed by atoms with Gasteiger partial charge < -0.3 is 19.8 Å². The van der Waals surface area contributed by atoms with E-state index in [-0.39, 0.29) is 37.3 Å². The van der Waals surface area contributed by atoms with E-state index < -0.39 is 0 Å². The number of aromatic nitrogens is 1. The van der Waals surface area contributed by atoms with Crippen LogP contribution >= 0.6 is 0 Å². The Balaban J connectivity index is 1.37. The minimum atomic E-state index is -0.278. The number of anilines is 1. The van der Waals surface area contributed by atoms with Crippen LogP contribution in [0.15, 0.2) is 89.3 Å². The predicted molar refractivity (Wildman–Crippen MR) is 139 cm³/mol. The summed E-state index contributed by atoms with van der Waals surface area (Å²) in [5.41, 5.74) is 2.84. The van der Waals surface area contributed by atoms with Crippen molar-refractivity contribution in [3.8, 4) is 17.2 Å². The maximum atomic E-state index is 12.6. The van der Waals surface area contributed by atoms with Crippen molar-refractivity contribution in [3.63, 3.8) is 0 Å². The third-order valence-corrected chi connectivity index (χ3v) is 5.79. The van der Waals surface area contributed by atoms with Gasteiger partial charge in [0.1, 0.15) is 17.2 Å². The molecule has 1 aromatic heterocycles. The van der Waals surface area contributed by atoms with Crippen LogP contribution < -0.4 is 15.4 Å². The van der Waals surface area contributed by atoms with Crippen LogP contribution in [0.1, 0.15) is 36.3 Å². The molecule has 4 aromatic rings. The molecule has 0 bridgehead atoms. The number of rotatable bonds is 10. The number of carbonyl (C=O) groups is 2. The second-order valence-corrected chi connectivity index (χ2v) is 8.38. The lowest BCUT2D eigenvalue weighted by molar-refractivity contribution is -0.122. The van der Waals surface area contributed by atoms with Gasteiger partial charge in [0.2, 0.25) is 17.7 Å². The summed E-state index contributed by atoms with van der Waals surface area (Å²) in [7, 11) is 0. The summed E-state index contributed by atoms with van der Waals surface area (Å²) in [6.45, 7) is 4.19. The highest BCUT2D eigenvalue weighted by atomic mass is 16.5. The first kappa shape index (κ1) is 24.7. The van der Waals surface area contributed by atoms with Crippen LogP contribution in [0.25, 0.3) is 11.5 Å². The Hall–Kier alpha value is -4.39. The highest BCUT2D eigenvalue weighted by Crippen LogP contribution is 2.29. The molecule has 4 rings (SSSR count). The Morgan fingerprint density at radius 1 is 0.944 bits per heavy atom. The van der Waals surface area contributed by atoms with Crippen LogP contribution in [-0.4, -0.2) is 23.4 Å². The third-order valence-electron chi connectivity index (χ3n) is 5.79. The molecule has 0 spiro atoms. The molecule has 0 aliphatic carbocycles. The third kappa shape index (κ3) is 6.39. The number of amides is 2. The predicted octanol–water partition coefficient (Wildman–Crippen LogP) is 5.48. The van der Waals surface area contributed by atoms with Gasteiger partial charge >= 0.3 is 0 Å².